The standard InChI is InChI=1S/C19H22BrN3O5/c1-10-12-14(13(11(2)22-10)19(26)27-3)17(24)15(20)16(18(12)25)21-4-5-23-6-8-28-9-7-23/h21H,4-9H2,1-3H3. The number of hydrogen-bond donors (Lipinski definition) is 1. The van der Waals surface area contributed by atoms with Crippen LogP contribution in [0.4, 0.5) is 0 Å². The van der Waals surface area contributed by atoms with Gasteiger partial charge in [0.2, 0.25) is 11.6 Å². The lowest BCUT2D eigenvalue weighted by Crippen LogP contribution is -2.41. The molecule has 1 aliphatic carbocycles. The van der Waals surface area contributed by atoms with E-state index < -0.39 is 11.8 Å². The molecule has 1 saturated heterocycles. The zero-order chi connectivity index (χ0) is 20.4. The molecule has 1 aromatic heterocycles. The van der Waals surface area contributed by atoms with E-state index in [9.17, 15) is 14.4 Å². The fourth-order valence-corrected chi connectivity index (χ4v) is 4.00. The van der Waals surface area contributed by atoms with Gasteiger partial charge >= 0.3 is 5.97 Å². The second-order valence-electron chi connectivity index (χ2n) is 6.63. The Hall–Kier alpha value is -2.10. The first-order chi connectivity index (χ1) is 13.4. The van der Waals surface area contributed by atoms with E-state index in [4.69, 9.17) is 9.47 Å². The van der Waals surface area contributed by atoms with Crippen LogP contribution >= 0.6 is 15.9 Å². The minimum absolute atomic E-state index is 0.0331. The quantitative estimate of drug-likeness (QED) is 0.670. The molecule has 1 N–H and O–H groups in total. The van der Waals surface area contributed by atoms with Gasteiger partial charge in [-0.2, -0.15) is 0 Å². The number of aryl methyl sites for hydroxylation is 2. The molecule has 150 valence electrons. The van der Waals surface area contributed by atoms with E-state index in [2.05, 4.69) is 31.1 Å². The van der Waals surface area contributed by atoms with Crippen LogP contribution in [0.15, 0.2) is 10.2 Å². The number of methoxy groups -OCH3 is 1. The van der Waals surface area contributed by atoms with Crippen molar-refractivity contribution in [1.29, 1.82) is 0 Å². The van der Waals surface area contributed by atoms with Crippen LogP contribution in [-0.4, -0.2) is 73.9 Å². The number of pyridine rings is 1. The number of esters is 1. The van der Waals surface area contributed by atoms with Gasteiger partial charge in [-0.25, -0.2) is 4.79 Å². The topological polar surface area (TPSA) is 97.8 Å². The van der Waals surface area contributed by atoms with Gasteiger partial charge in [-0.1, -0.05) is 0 Å². The van der Waals surface area contributed by atoms with Crippen molar-refractivity contribution in [2.75, 3.05) is 46.5 Å². The largest absolute Gasteiger partial charge is 0.465 e. The van der Waals surface area contributed by atoms with Crippen molar-refractivity contribution in [3.05, 3.63) is 38.3 Å². The van der Waals surface area contributed by atoms with Gasteiger partial charge in [0, 0.05) is 31.9 Å². The second-order valence-corrected chi connectivity index (χ2v) is 7.42. The first kappa shape index (κ1) is 20.6. The molecule has 0 unspecified atom stereocenters. The monoisotopic (exact) mass is 451 g/mol. The van der Waals surface area contributed by atoms with Gasteiger partial charge in [0.15, 0.2) is 0 Å². The van der Waals surface area contributed by atoms with Gasteiger partial charge < -0.3 is 14.8 Å². The van der Waals surface area contributed by atoms with Crippen LogP contribution in [0.2, 0.25) is 0 Å². The van der Waals surface area contributed by atoms with Crippen LogP contribution in [0.1, 0.15) is 42.5 Å². The summed E-state index contributed by atoms with van der Waals surface area (Å²) in [4.78, 5) is 44.9. The number of nitrogens with zero attached hydrogens (tertiary/aromatic N) is 2. The van der Waals surface area contributed by atoms with Crippen molar-refractivity contribution < 1.29 is 23.9 Å². The first-order valence-corrected chi connectivity index (χ1v) is 9.78. The predicted octanol–water partition coefficient (Wildman–Crippen LogP) is 1.39. The average Bonchev–Trinajstić information content (AvgIpc) is 2.68. The highest BCUT2D eigenvalue weighted by molar-refractivity contribution is 9.12. The predicted molar refractivity (Wildman–Crippen MR) is 105 cm³/mol. The van der Waals surface area contributed by atoms with Crippen LogP contribution in [-0.2, 0) is 9.47 Å². The number of ketones is 2. The highest BCUT2D eigenvalue weighted by atomic mass is 79.9. The number of Topliss-reactive ketones (excluding diaryl/α,β-unsaturated/α-hetero) is 2. The molecule has 28 heavy (non-hydrogen) atoms. The summed E-state index contributed by atoms with van der Waals surface area (Å²) in [5.74, 6) is -1.48. The molecule has 2 heterocycles. The fourth-order valence-electron chi connectivity index (χ4n) is 3.48. The Morgan fingerprint density at radius 3 is 2.50 bits per heavy atom. The van der Waals surface area contributed by atoms with Crippen LogP contribution in [0.5, 0.6) is 0 Å². The average molecular weight is 452 g/mol. The minimum Gasteiger partial charge on any atom is -0.465 e. The van der Waals surface area contributed by atoms with Gasteiger partial charge in [-0.15, -0.1) is 0 Å². The minimum atomic E-state index is -0.688. The van der Waals surface area contributed by atoms with Crippen LogP contribution in [0.25, 0.3) is 0 Å². The number of carbonyl (C=O) groups excluding carboxylic acids is 3. The van der Waals surface area contributed by atoms with Gasteiger partial charge in [0.25, 0.3) is 0 Å². The Balaban J connectivity index is 1.91. The lowest BCUT2D eigenvalue weighted by Gasteiger charge is -2.27. The van der Waals surface area contributed by atoms with Crippen molar-refractivity contribution in [2.45, 2.75) is 13.8 Å². The van der Waals surface area contributed by atoms with E-state index in [1.165, 1.54) is 7.11 Å². The van der Waals surface area contributed by atoms with Crippen molar-refractivity contribution in [1.82, 2.24) is 15.2 Å². The summed E-state index contributed by atoms with van der Waals surface area (Å²) in [6.45, 7) is 7.55. The first-order valence-electron chi connectivity index (χ1n) is 8.99. The number of rotatable bonds is 5. The molecule has 9 heteroatoms. The lowest BCUT2D eigenvalue weighted by molar-refractivity contribution is 0.0386. The number of ether oxygens (including phenoxy) is 2. The maximum atomic E-state index is 13.1. The van der Waals surface area contributed by atoms with Crippen LogP contribution < -0.4 is 5.32 Å². The third-order valence-electron chi connectivity index (χ3n) is 4.88. The van der Waals surface area contributed by atoms with E-state index in [0.717, 1.165) is 19.6 Å². The molecular formula is C19H22BrN3O5. The smallest absolute Gasteiger partial charge is 0.340 e. The highest BCUT2D eigenvalue weighted by Gasteiger charge is 2.37. The molecule has 1 aliphatic heterocycles. The number of nitrogens with one attached hydrogen (secondary N) is 1. The Bertz CT molecular complexity index is 875. The van der Waals surface area contributed by atoms with Crippen LogP contribution in [0, 0.1) is 13.8 Å². The molecule has 1 aromatic rings. The summed E-state index contributed by atoms with van der Waals surface area (Å²) in [6, 6.07) is 0. The third-order valence-corrected chi connectivity index (χ3v) is 5.64. The lowest BCUT2D eigenvalue weighted by atomic mass is 9.87. The third kappa shape index (κ3) is 3.74. The van der Waals surface area contributed by atoms with E-state index in [1.807, 2.05) is 0 Å². The molecule has 2 aliphatic rings. The molecule has 0 aromatic carbocycles. The SMILES string of the molecule is COC(=O)c1c(C)nc(C)c2c1C(=O)C(Br)=C(NCCN1CCOCC1)C2=O. The molecular weight excluding hydrogens is 430 g/mol. The van der Waals surface area contributed by atoms with Crippen molar-refractivity contribution in [2.24, 2.45) is 0 Å². The normalized spacial score (nSPS) is 17.6. The molecule has 3 rings (SSSR count). The molecule has 0 bridgehead atoms. The van der Waals surface area contributed by atoms with Crippen molar-refractivity contribution >= 4 is 33.5 Å². The van der Waals surface area contributed by atoms with Gasteiger partial charge in [-0.3, -0.25) is 19.5 Å². The van der Waals surface area contributed by atoms with Crippen molar-refractivity contribution in [3.63, 3.8) is 0 Å². The molecule has 0 spiro atoms. The summed E-state index contributed by atoms with van der Waals surface area (Å²) >= 11 is 3.25. The molecule has 0 amide bonds. The number of carbonyl (C=O) groups is 3. The number of allylic oxidation sites excluding steroid dienone is 2. The zero-order valence-corrected chi connectivity index (χ0v) is 17.6. The number of morpholine rings is 1. The van der Waals surface area contributed by atoms with Crippen LogP contribution in [0.3, 0.4) is 0 Å². The Morgan fingerprint density at radius 2 is 1.86 bits per heavy atom. The molecule has 8 nitrogen and oxygen atoms in total. The maximum absolute atomic E-state index is 13.1. The Labute approximate surface area is 171 Å². The van der Waals surface area contributed by atoms with E-state index >= 15 is 0 Å². The fraction of sp³-hybridized carbons (Fsp3) is 0.474. The summed E-state index contributed by atoms with van der Waals surface area (Å²) in [5, 5.41) is 3.08. The summed E-state index contributed by atoms with van der Waals surface area (Å²) in [7, 11) is 1.23. The summed E-state index contributed by atoms with van der Waals surface area (Å²) < 4.78 is 10.2. The van der Waals surface area contributed by atoms with Gasteiger partial charge in [0.1, 0.15) is 5.70 Å². The van der Waals surface area contributed by atoms with Crippen molar-refractivity contribution in [3.8, 4) is 0 Å². The highest BCUT2D eigenvalue weighted by Crippen LogP contribution is 2.33. The number of hydrogen-bond acceptors (Lipinski definition) is 8. The Kier molecular flexibility index (Phi) is 6.26. The Morgan fingerprint density at radius 1 is 1.18 bits per heavy atom. The zero-order valence-electron chi connectivity index (χ0n) is 16.1. The summed E-state index contributed by atoms with van der Waals surface area (Å²) in [6.07, 6.45) is 0. The molecule has 0 saturated carbocycles. The maximum Gasteiger partial charge on any atom is 0.340 e. The molecule has 1 fully saturated rings. The number of halogens is 1. The van der Waals surface area contributed by atoms with E-state index in [0.29, 0.717) is 31.1 Å². The van der Waals surface area contributed by atoms with E-state index in [1.54, 1.807) is 13.8 Å². The van der Waals surface area contributed by atoms with Gasteiger partial charge in [0.05, 0.1) is 47.2 Å². The summed E-state index contributed by atoms with van der Waals surface area (Å²) in [5.41, 5.74) is 1.18. The molecule has 0 atom stereocenters. The number of aromatic nitrogens is 1. The second kappa shape index (κ2) is 8.50. The van der Waals surface area contributed by atoms with E-state index in [-0.39, 0.29) is 32.7 Å². The van der Waals surface area contributed by atoms with Gasteiger partial charge in [-0.05, 0) is 29.8 Å². The number of fused-ring (bicyclic) bond motifs is 1. The molecule has 0 radical (unpaired) electrons.